The van der Waals surface area contributed by atoms with Crippen LogP contribution in [0.5, 0.6) is 0 Å². The van der Waals surface area contributed by atoms with E-state index in [0.717, 1.165) is 0 Å². The molecule has 3 atom stereocenters. The zero-order valence-electron chi connectivity index (χ0n) is 11.3. The van der Waals surface area contributed by atoms with Gasteiger partial charge in [0.2, 0.25) is 5.91 Å². The van der Waals surface area contributed by atoms with Gasteiger partial charge in [0.1, 0.15) is 5.82 Å². The van der Waals surface area contributed by atoms with Crippen LogP contribution in [0.1, 0.15) is 25.3 Å². The molecule has 108 valence electrons. The van der Waals surface area contributed by atoms with Gasteiger partial charge in [-0.25, -0.2) is 4.39 Å². The highest BCUT2D eigenvalue weighted by molar-refractivity contribution is 5.86. The molecule has 20 heavy (non-hydrogen) atoms. The van der Waals surface area contributed by atoms with Crippen molar-refractivity contribution in [1.82, 2.24) is 5.32 Å². The fourth-order valence-electron chi connectivity index (χ4n) is 2.50. The summed E-state index contributed by atoms with van der Waals surface area (Å²) in [5, 5.41) is 11.7. The summed E-state index contributed by atoms with van der Waals surface area (Å²) in [4.78, 5) is 22.8. The molecule has 1 fully saturated rings. The minimum absolute atomic E-state index is 0.227. The van der Waals surface area contributed by atoms with Crippen LogP contribution in [0.25, 0.3) is 0 Å². The van der Waals surface area contributed by atoms with Crippen LogP contribution in [0.3, 0.4) is 0 Å². The number of hydrogen-bond donors (Lipinski definition) is 2. The van der Waals surface area contributed by atoms with Crippen molar-refractivity contribution in [1.29, 1.82) is 0 Å². The monoisotopic (exact) mass is 279 g/mol. The predicted octanol–water partition coefficient (Wildman–Crippen LogP) is 1.98. The lowest BCUT2D eigenvalue weighted by Crippen LogP contribution is -2.47. The molecular weight excluding hydrogens is 261 g/mol. The molecule has 0 aliphatic heterocycles. The number of carboxylic acids is 1. The number of nitrogens with one attached hydrogen (secondary N) is 1. The van der Waals surface area contributed by atoms with Crippen molar-refractivity contribution < 1.29 is 19.1 Å². The van der Waals surface area contributed by atoms with E-state index < -0.39 is 17.8 Å². The largest absolute Gasteiger partial charge is 0.481 e. The molecule has 0 radical (unpaired) electrons. The average molecular weight is 279 g/mol. The van der Waals surface area contributed by atoms with Gasteiger partial charge in [0.15, 0.2) is 0 Å². The molecule has 4 nitrogen and oxygen atoms in total. The van der Waals surface area contributed by atoms with Gasteiger partial charge in [-0.15, -0.1) is 0 Å². The summed E-state index contributed by atoms with van der Waals surface area (Å²) in [5.74, 6) is -2.47. The molecular formula is C15H18FNO3. The maximum atomic E-state index is 13.5. The van der Waals surface area contributed by atoms with Gasteiger partial charge < -0.3 is 10.4 Å². The molecule has 3 unspecified atom stereocenters. The molecule has 0 heterocycles. The third-order valence-electron chi connectivity index (χ3n) is 3.80. The predicted molar refractivity (Wildman–Crippen MR) is 71.6 cm³/mol. The van der Waals surface area contributed by atoms with Gasteiger partial charge in [0, 0.05) is 6.04 Å². The number of halogens is 1. The third-order valence-corrected chi connectivity index (χ3v) is 3.80. The Hall–Kier alpha value is -1.91. The first-order chi connectivity index (χ1) is 9.49. The second-order valence-corrected chi connectivity index (χ2v) is 5.33. The molecule has 0 bridgehead atoms. The molecule has 1 saturated carbocycles. The van der Waals surface area contributed by atoms with E-state index in [2.05, 4.69) is 5.32 Å². The topological polar surface area (TPSA) is 66.4 Å². The van der Waals surface area contributed by atoms with Crippen LogP contribution in [-0.4, -0.2) is 23.0 Å². The van der Waals surface area contributed by atoms with Gasteiger partial charge in [0.05, 0.1) is 11.8 Å². The third kappa shape index (κ3) is 3.15. The smallest absolute Gasteiger partial charge is 0.307 e. The number of carbonyl (C=O) groups is 2. The van der Waals surface area contributed by atoms with Gasteiger partial charge >= 0.3 is 5.97 Å². The highest BCUT2D eigenvalue weighted by atomic mass is 19.1. The number of aliphatic carboxylic acids is 1. The van der Waals surface area contributed by atoms with Crippen LogP contribution in [0.2, 0.25) is 0 Å². The summed E-state index contributed by atoms with van der Waals surface area (Å²) in [7, 11) is 0. The standard InChI is InChI=1S/C15H18FNO3/c1-9(8-10-4-2-3-5-13(10)16)17-14(18)11-6-7-12(11)15(19)20/h2-5,9,11-12H,6-8H2,1H3,(H,17,18)(H,19,20). The van der Waals surface area contributed by atoms with E-state index >= 15 is 0 Å². The zero-order valence-corrected chi connectivity index (χ0v) is 11.3. The van der Waals surface area contributed by atoms with Crippen molar-refractivity contribution in [3.05, 3.63) is 35.6 Å². The molecule has 5 heteroatoms. The Labute approximate surface area is 117 Å². The number of benzene rings is 1. The lowest BCUT2D eigenvalue weighted by atomic mass is 9.73. The first-order valence-corrected chi connectivity index (χ1v) is 6.75. The summed E-state index contributed by atoms with van der Waals surface area (Å²) in [6.07, 6.45) is 1.55. The lowest BCUT2D eigenvalue weighted by molar-refractivity contribution is -0.152. The highest BCUT2D eigenvalue weighted by Crippen LogP contribution is 2.34. The second kappa shape index (κ2) is 6.03. The fraction of sp³-hybridized carbons (Fsp3) is 0.467. The quantitative estimate of drug-likeness (QED) is 0.866. The summed E-state index contributed by atoms with van der Waals surface area (Å²) in [5.41, 5.74) is 0.545. The minimum Gasteiger partial charge on any atom is -0.481 e. The number of carboxylic acid groups (broad SMARTS) is 1. The van der Waals surface area contributed by atoms with Crippen LogP contribution in [0.15, 0.2) is 24.3 Å². The van der Waals surface area contributed by atoms with Gasteiger partial charge in [0.25, 0.3) is 0 Å². The summed E-state index contributed by atoms with van der Waals surface area (Å²) in [6.45, 7) is 1.79. The normalized spacial score (nSPS) is 22.7. The maximum Gasteiger partial charge on any atom is 0.307 e. The van der Waals surface area contributed by atoms with Crippen molar-refractivity contribution in [3.8, 4) is 0 Å². The molecule has 0 spiro atoms. The van der Waals surface area contributed by atoms with Crippen molar-refractivity contribution >= 4 is 11.9 Å². The van der Waals surface area contributed by atoms with Crippen LogP contribution in [0, 0.1) is 17.7 Å². The maximum absolute atomic E-state index is 13.5. The van der Waals surface area contributed by atoms with Crippen LogP contribution >= 0.6 is 0 Å². The summed E-state index contributed by atoms with van der Waals surface area (Å²) >= 11 is 0. The Morgan fingerprint density at radius 1 is 1.35 bits per heavy atom. The second-order valence-electron chi connectivity index (χ2n) is 5.33. The van der Waals surface area contributed by atoms with E-state index in [1.54, 1.807) is 25.1 Å². The zero-order chi connectivity index (χ0) is 14.7. The number of rotatable bonds is 5. The lowest BCUT2D eigenvalue weighted by Gasteiger charge is -2.33. The first kappa shape index (κ1) is 14.5. The SMILES string of the molecule is CC(Cc1ccccc1F)NC(=O)C1CCC1C(=O)O. The summed E-state index contributed by atoms with van der Waals surface area (Å²) in [6, 6.07) is 6.21. The molecule has 1 amide bonds. The number of hydrogen-bond acceptors (Lipinski definition) is 2. The fourth-order valence-corrected chi connectivity index (χ4v) is 2.50. The van der Waals surface area contributed by atoms with Gasteiger partial charge in [-0.05, 0) is 37.8 Å². The summed E-state index contributed by atoms with van der Waals surface area (Å²) < 4.78 is 13.5. The van der Waals surface area contributed by atoms with Crippen molar-refractivity contribution in [2.24, 2.45) is 11.8 Å². The van der Waals surface area contributed by atoms with Gasteiger partial charge in [-0.2, -0.15) is 0 Å². The average Bonchev–Trinajstić information content (AvgIpc) is 2.29. The Morgan fingerprint density at radius 2 is 2.00 bits per heavy atom. The number of carbonyl (C=O) groups excluding carboxylic acids is 1. The molecule has 1 aromatic carbocycles. The van der Waals surface area contributed by atoms with E-state index in [1.165, 1.54) is 6.07 Å². The molecule has 1 aromatic rings. The molecule has 2 rings (SSSR count). The Morgan fingerprint density at radius 3 is 2.55 bits per heavy atom. The minimum atomic E-state index is -0.918. The molecule has 1 aliphatic rings. The van der Waals surface area contributed by atoms with E-state index in [1.807, 2.05) is 0 Å². The molecule has 0 saturated heterocycles. The van der Waals surface area contributed by atoms with E-state index in [9.17, 15) is 14.0 Å². The van der Waals surface area contributed by atoms with Crippen molar-refractivity contribution in [2.75, 3.05) is 0 Å². The van der Waals surface area contributed by atoms with E-state index in [4.69, 9.17) is 5.11 Å². The van der Waals surface area contributed by atoms with Crippen molar-refractivity contribution in [3.63, 3.8) is 0 Å². The number of amides is 1. The Balaban J connectivity index is 1.89. The van der Waals surface area contributed by atoms with Crippen molar-refractivity contribution in [2.45, 2.75) is 32.2 Å². The van der Waals surface area contributed by atoms with Crippen LogP contribution in [0.4, 0.5) is 4.39 Å². The molecule has 1 aliphatic carbocycles. The molecule has 2 N–H and O–H groups in total. The Kier molecular flexibility index (Phi) is 4.37. The molecule has 0 aromatic heterocycles. The van der Waals surface area contributed by atoms with Crippen LogP contribution in [-0.2, 0) is 16.0 Å². The van der Waals surface area contributed by atoms with E-state index in [0.29, 0.717) is 24.8 Å². The van der Waals surface area contributed by atoms with Gasteiger partial charge in [-0.1, -0.05) is 18.2 Å². The van der Waals surface area contributed by atoms with Gasteiger partial charge in [-0.3, -0.25) is 9.59 Å². The first-order valence-electron chi connectivity index (χ1n) is 6.75. The van der Waals surface area contributed by atoms with E-state index in [-0.39, 0.29) is 17.8 Å². The highest BCUT2D eigenvalue weighted by Gasteiger charge is 2.41. The Bertz CT molecular complexity index is 518. The van der Waals surface area contributed by atoms with Crippen LogP contribution < -0.4 is 5.32 Å².